The van der Waals surface area contributed by atoms with E-state index in [2.05, 4.69) is 20.9 Å². The van der Waals surface area contributed by atoms with E-state index in [1.165, 1.54) is 18.6 Å². The van der Waals surface area contributed by atoms with Crippen LogP contribution in [0.2, 0.25) is 0 Å². The fourth-order valence-corrected chi connectivity index (χ4v) is 6.35. The van der Waals surface area contributed by atoms with Crippen LogP contribution in [0, 0.1) is 11.7 Å². The highest BCUT2D eigenvalue weighted by Crippen LogP contribution is 2.40. The Kier molecular flexibility index (Phi) is 6.62. The van der Waals surface area contributed by atoms with Gasteiger partial charge in [-0.25, -0.2) is 4.39 Å². The van der Waals surface area contributed by atoms with Crippen molar-refractivity contribution in [1.29, 1.82) is 0 Å². The first-order valence-electron chi connectivity index (χ1n) is 12.8. The lowest BCUT2D eigenvalue weighted by Gasteiger charge is -2.36. The summed E-state index contributed by atoms with van der Waals surface area (Å²) in [7, 11) is 1.76. The number of benzene rings is 1. The highest BCUT2D eigenvalue weighted by molar-refractivity contribution is 5.90. The zero-order valence-electron chi connectivity index (χ0n) is 20.1. The number of carbonyl (C=O) groups excluding carboxylic acids is 2. The molecule has 5 atom stereocenters. The molecule has 8 heteroatoms. The van der Waals surface area contributed by atoms with Crippen LogP contribution >= 0.6 is 0 Å². The number of aromatic nitrogens is 1. The first-order valence-corrected chi connectivity index (χ1v) is 12.8. The van der Waals surface area contributed by atoms with Crippen molar-refractivity contribution in [3.63, 3.8) is 0 Å². The summed E-state index contributed by atoms with van der Waals surface area (Å²) in [5, 5.41) is 10.7. The molecule has 2 aliphatic heterocycles. The second kappa shape index (κ2) is 9.66. The SMILES string of the molecule is CN[C@@H](C)C(=O)N[C@H](C(=O)N1CC[C@H]2NC[C@@H](c3c[nH]c4cc(F)ccc34)[C@H]21)C1CCCCC1. The number of nitrogens with one attached hydrogen (secondary N) is 4. The summed E-state index contributed by atoms with van der Waals surface area (Å²) in [5.74, 6) is -0.0350. The van der Waals surface area contributed by atoms with Crippen LogP contribution in [-0.4, -0.2) is 66.0 Å². The van der Waals surface area contributed by atoms with Gasteiger partial charge in [0.1, 0.15) is 11.9 Å². The van der Waals surface area contributed by atoms with Crippen molar-refractivity contribution in [3.8, 4) is 0 Å². The van der Waals surface area contributed by atoms with Crippen LogP contribution in [0.25, 0.3) is 10.9 Å². The minimum absolute atomic E-state index is 0.0290. The molecule has 0 radical (unpaired) electrons. The number of hydrogen-bond acceptors (Lipinski definition) is 4. The van der Waals surface area contributed by atoms with E-state index in [4.69, 9.17) is 0 Å². The first kappa shape index (κ1) is 23.3. The third-order valence-corrected chi connectivity index (χ3v) is 8.34. The minimum atomic E-state index is -0.485. The van der Waals surface area contributed by atoms with E-state index in [9.17, 15) is 14.0 Å². The maximum Gasteiger partial charge on any atom is 0.245 e. The fraction of sp³-hybridized carbons (Fsp3) is 0.615. The molecule has 1 aromatic heterocycles. The van der Waals surface area contributed by atoms with E-state index in [1.54, 1.807) is 7.05 Å². The van der Waals surface area contributed by atoms with E-state index < -0.39 is 6.04 Å². The van der Waals surface area contributed by atoms with E-state index >= 15 is 0 Å². The molecule has 0 unspecified atom stereocenters. The van der Waals surface area contributed by atoms with Crippen molar-refractivity contribution < 1.29 is 14.0 Å². The maximum atomic E-state index is 14.1. The largest absolute Gasteiger partial charge is 0.361 e. The predicted octanol–water partition coefficient (Wildman–Crippen LogP) is 2.64. The number of hydrogen-bond donors (Lipinski definition) is 4. The van der Waals surface area contributed by atoms with E-state index in [0.29, 0.717) is 6.54 Å². The van der Waals surface area contributed by atoms with E-state index in [-0.39, 0.29) is 47.6 Å². The molecule has 184 valence electrons. The van der Waals surface area contributed by atoms with Gasteiger partial charge in [-0.1, -0.05) is 19.3 Å². The first-order chi connectivity index (χ1) is 16.5. The summed E-state index contributed by atoms with van der Waals surface area (Å²) in [4.78, 5) is 32.1. The molecule has 3 fully saturated rings. The number of carbonyl (C=O) groups is 2. The molecule has 1 aromatic carbocycles. The van der Waals surface area contributed by atoms with Crippen LogP contribution in [-0.2, 0) is 9.59 Å². The number of halogens is 1. The summed E-state index contributed by atoms with van der Waals surface area (Å²) in [6.07, 6.45) is 8.23. The molecule has 2 amide bonds. The summed E-state index contributed by atoms with van der Waals surface area (Å²) < 4.78 is 13.7. The Balaban J connectivity index is 1.42. The molecule has 5 rings (SSSR count). The number of rotatable bonds is 6. The van der Waals surface area contributed by atoms with E-state index in [0.717, 1.165) is 55.1 Å². The zero-order valence-corrected chi connectivity index (χ0v) is 20.1. The molecule has 1 saturated carbocycles. The molecule has 34 heavy (non-hydrogen) atoms. The quantitative estimate of drug-likeness (QED) is 0.524. The second-order valence-electron chi connectivity index (χ2n) is 10.3. The van der Waals surface area contributed by atoms with Gasteiger partial charge >= 0.3 is 0 Å². The van der Waals surface area contributed by atoms with Crippen LogP contribution in [0.4, 0.5) is 4.39 Å². The minimum Gasteiger partial charge on any atom is -0.361 e. The van der Waals surface area contributed by atoms with Gasteiger partial charge in [-0.2, -0.15) is 0 Å². The molecular formula is C26H36FN5O2. The summed E-state index contributed by atoms with van der Waals surface area (Å²) in [6.45, 7) is 3.29. The van der Waals surface area contributed by atoms with Gasteiger partial charge in [-0.15, -0.1) is 0 Å². The molecular weight excluding hydrogens is 433 g/mol. The Morgan fingerprint density at radius 1 is 1.18 bits per heavy atom. The number of fused-ring (bicyclic) bond motifs is 2. The van der Waals surface area contributed by atoms with Crippen molar-refractivity contribution in [2.24, 2.45) is 5.92 Å². The molecule has 4 N–H and O–H groups in total. The predicted molar refractivity (Wildman–Crippen MR) is 130 cm³/mol. The van der Waals surface area contributed by atoms with Crippen LogP contribution < -0.4 is 16.0 Å². The average molecular weight is 470 g/mol. The smallest absolute Gasteiger partial charge is 0.245 e. The Morgan fingerprint density at radius 2 is 1.97 bits per heavy atom. The van der Waals surface area contributed by atoms with Crippen molar-refractivity contribution in [2.45, 2.75) is 75.5 Å². The number of amides is 2. The Hall–Kier alpha value is -2.45. The van der Waals surface area contributed by atoms with Gasteiger partial charge in [-0.05, 0) is 62.9 Å². The van der Waals surface area contributed by atoms with Gasteiger partial charge in [0.15, 0.2) is 0 Å². The fourth-order valence-electron chi connectivity index (χ4n) is 6.35. The Labute approximate surface area is 200 Å². The van der Waals surface area contributed by atoms with Crippen molar-refractivity contribution in [2.75, 3.05) is 20.1 Å². The van der Waals surface area contributed by atoms with Crippen LogP contribution in [0.3, 0.4) is 0 Å². The average Bonchev–Trinajstić information content (AvgIpc) is 3.56. The number of likely N-dealkylation sites (N-methyl/N-ethyl adjacent to an activating group) is 1. The maximum absolute atomic E-state index is 14.1. The summed E-state index contributed by atoms with van der Waals surface area (Å²) in [5.41, 5.74) is 1.90. The van der Waals surface area contributed by atoms with E-state index in [1.807, 2.05) is 24.1 Å². The van der Waals surface area contributed by atoms with Crippen molar-refractivity contribution >= 4 is 22.7 Å². The Bertz CT molecular complexity index is 1050. The van der Waals surface area contributed by atoms with Crippen molar-refractivity contribution in [3.05, 3.63) is 35.8 Å². The molecule has 0 bridgehead atoms. The van der Waals surface area contributed by atoms with Crippen LogP contribution in [0.1, 0.15) is 56.9 Å². The van der Waals surface area contributed by atoms with Gasteiger partial charge in [0.2, 0.25) is 11.8 Å². The molecule has 7 nitrogen and oxygen atoms in total. The third kappa shape index (κ3) is 4.22. The number of aromatic amines is 1. The lowest BCUT2D eigenvalue weighted by molar-refractivity contribution is -0.139. The standard InChI is InChI=1S/C26H36FN5O2/c1-15(28-2)25(33)31-23(16-6-4-3-5-7-16)26(34)32-11-10-21-24(32)20(14-29-21)19-13-30-22-12-17(27)8-9-18(19)22/h8-9,12-13,15-16,20-21,23-24,28-30H,3-7,10-11,14H2,1-2H3,(H,31,33)/t15-,20-,21+,23-,24+/m0/s1. The van der Waals surface area contributed by atoms with Crippen LogP contribution in [0.15, 0.2) is 24.4 Å². The topological polar surface area (TPSA) is 89.3 Å². The highest BCUT2D eigenvalue weighted by atomic mass is 19.1. The second-order valence-corrected chi connectivity index (χ2v) is 10.3. The highest BCUT2D eigenvalue weighted by Gasteiger charge is 2.49. The van der Waals surface area contributed by atoms with Crippen LogP contribution in [0.5, 0.6) is 0 Å². The Morgan fingerprint density at radius 3 is 2.74 bits per heavy atom. The summed E-state index contributed by atoms with van der Waals surface area (Å²) >= 11 is 0. The van der Waals surface area contributed by atoms with Crippen molar-refractivity contribution in [1.82, 2.24) is 25.8 Å². The number of H-pyrrole nitrogens is 1. The van der Waals surface area contributed by atoms with Gasteiger partial charge in [-0.3, -0.25) is 9.59 Å². The monoisotopic (exact) mass is 469 g/mol. The molecule has 3 aliphatic rings. The number of likely N-dealkylation sites (tertiary alicyclic amines) is 1. The summed E-state index contributed by atoms with van der Waals surface area (Å²) in [6, 6.07) is 4.27. The molecule has 0 spiro atoms. The molecule has 2 aromatic rings. The van der Waals surface area contributed by atoms with Gasteiger partial charge < -0.3 is 25.8 Å². The van der Waals surface area contributed by atoms with Gasteiger partial charge in [0.05, 0.1) is 12.1 Å². The lowest BCUT2D eigenvalue weighted by atomic mass is 9.82. The normalized spacial score (nSPS) is 27.0. The molecule has 2 saturated heterocycles. The molecule has 1 aliphatic carbocycles. The number of nitrogens with zero attached hydrogens (tertiary/aromatic N) is 1. The third-order valence-electron chi connectivity index (χ3n) is 8.34. The molecule has 3 heterocycles. The zero-order chi connectivity index (χ0) is 23.8. The lowest BCUT2D eigenvalue weighted by Crippen LogP contribution is -2.57. The van der Waals surface area contributed by atoms with Gasteiger partial charge in [0.25, 0.3) is 0 Å². The van der Waals surface area contributed by atoms with Gasteiger partial charge in [0, 0.05) is 42.1 Å².